The lowest BCUT2D eigenvalue weighted by molar-refractivity contribution is 0.145. The molecule has 0 aliphatic carbocycles. The Balaban J connectivity index is 0.00000420. The Bertz CT molecular complexity index is 612. The molecule has 29 heavy (non-hydrogen) atoms. The summed E-state index contributed by atoms with van der Waals surface area (Å²) in [6, 6.07) is 7.01. The van der Waals surface area contributed by atoms with Gasteiger partial charge in [0.15, 0.2) is 5.96 Å². The SMILES string of the molecule is CN=C(NCCCN1CCCCC1C)NCc1ccc(C)cc1OCCOC.I. The largest absolute Gasteiger partial charge is 0.491 e. The highest BCUT2D eigenvalue weighted by molar-refractivity contribution is 14.0. The highest BCUT2D eigenvalue weighted by Gasteiger charge is 2.17. The monoisotopic (exact) mass is 518 g/mol. The zero-order chi connectivity index (χ0) is 20.2. The Kier molecular flexibility index (Phi) is 13.3. The van der Waals surface area contributed by atoms with E-state index in [9.17, 15) is 0 Å². The van der Waals surface area contributed by atoms with E-state index in [1.54, 1.807) is 7.11 Å². The molecular weight excluding hydrogens is 479 g/mol. The van der Waals surface area contributed by atoms with Gasteiger partial charge < -0.3 is 25.0 Å². The molecule has 7 heteroatoms. The molecule has 6 nitrogen and oxygen atoms in total. The van der Waals surface area contributed by atoms with E-state index in [1.807, 2.05) is 7.05 Å². The molecule has 0 spiro atoms. The number of aryl methyl sites for hydroxylation is 1. The Morgan fingerprint density at radius 2 is 2.07 bits per heavy atom. The van der Waals surface area contributed by atoms with Gasteiger partial charge in [0, 0.05) is 45.4 Å². The number of aliphatic imine (C=N–C) groups is 1. The minimum Gasteiger partial charge on any atom is -0.491 e. The number of likely N-dealkylation sites (tertiary alicyclic amines) is 1. The molecule has 0 amide bonds. The molecule has 2 N–H and O–H groups in total. The Hall–Kier alpha value is -1.06. The molecule has 1 saturated heterocycles. The van der Waals surface area contributed by atoms with Crippen LogP contribution in [0.3, 0.4) is 0 Å². The standard InChI is InChI=1S/C22H38N4O2.HI/c1-18-9-10-20(21(16-18)28-15-14-27-4)17-25-22(23-3)24-11-7-13-26-12-6-5-8-19(26)2;/h9-10,16,19H,5-8,11-15,17H2,1-4H3,(H2,23,24,25);1H. The summed E-state index contributed by atoms with van der Waals surface area (Å²) in [7, 11) is 3.50. The van der Waals surface area contributed by atoms with E-state index in [1.165, 1.54) is 31.4 Å². The molecule has 2 rings (SSSR count). The van der Waals surface area contributed by atoms with Gasteiger partial charge in [-0.25, -0.2) is 0 Å². The van der Waals surface area contributed by atoms with Crippen LogP contribution in [0.1, 0.15) is 43.7 Å². The van der Waals surface area contributed by atoms with Crippen LogP contribution in [0.4, 0.5) is 0 Å². The van der Waals surface area contributed by atoms with Crippen molar-refractivity contribution in [2.24, 2.45) is 4.99 Å². The van der Waals surface area contributed by atoms with Gasteiger partial charge in [0.05, 0.1) is 6.61 Å². The first-order valence-electron chi connectivity index (χ1n) is 10.5. The van der Waals surface area contributed by atoms with Crippen LogP contribution < -0.4 is 15.4 Å². The van der Waals surface area contributed by atoms with Gasteiger partial charge in [-0.05, 0) is 51.3 Å². The van der Waals surface area contributed by atoms with Crippen molar-refractivity contribution in [3.05, 3.63) is 29.3 Å². The van der Waals surface area contributed by atoms with Crippen LogP contribution in [-0.2, 0) is 11.3 Å². The molecule has 1 fully saturated rings. The van der Waals surface area contributed by atoms with Crippen LogP contribution in [0.2, 0.25) is 0 Å². The topological polar surface area (TPSA) is 58.1 Å². The Labute approximate surface area is 193 Å². The number of nitrogens with zero attached hydrogens (tertiary/aromatic N) is 2. The second-order valence-corrected chi connectivity index (χ2v) is 7.54. The van der Waals surface area contributed by atoms with Gasteiger partial charge in [0.2, 0.25) is 0 Å². The minimum atomic E-state index is 0. The van der Waals surface area contributed by atoms with E-state index in [0.717, 1.165) is 42.8 Å². The minimum absolute atomic E-state index is 0. The summed E-state index contributed by atoms with van der Waals surface area (Å²) in [4.78, 5) is 6.95. The zero-order valence-corrected chi connectivity index (χ0v) is 20.8. The third-order valence-electron chi connectivity index (χ3n) is 5.29. The predicted molar refractivity (Wildman–Crippen MR) is 132 cm³/mol. The maximum atomic E-state index is 5.87. The number of guanidine groups is 1. The van der Waals surface area contributed by atoms with Crippen LogP contribution >= 0.6 is 24.0 Å². The van der Waals surface area contributed by atoms with Crippen molar-refractivity contribution in [1.29, 1.82) is 0 Å². The molecule has 1 atom stereocenters. The molecule has 166 valence electrons. The molecule has 0 radical (unpaired) electrons. The van der Waals surface area contributed by atoms with Crippen molar-refractivity contribution in [2.45, 2.75) is 52.1 Å². The maximum absolute atomic E-state index is 5.87. The first-order chi connectivity index (χ1) is 13.6. The third-order valence-corrected chi connectivity index (χ3v) is 5.29. The third kappa shape index (κ3) is 9.53. The highest BCUT2D eigenvalue weighted by Crippen LogP contribution is 2.20. The van der Waals surface area contributed by atoms with Crippen molar-refractivity contribution in [3.63, 3.8) is 0 Å². The molecule has 0 aromatic heterocycles. The molecular formula is C22H39IN4O2. The van der Waals surface area contributed by atoms with Crippen molar-refractivity contribution < 1.29 is 9.47 Å². The molecule has 1 aromatic carbocycles. The first kappa shape index (κ1) is 26.0. The quantitative estimate of drug-likeness (QED) is 0.215. The zero-order valence-electron chi connectivity index (χ0n) is 18.5. The van der Waals surface area contributed by atoms with Crippen molar-refractivity contribution in [1.82, 2.24) is 15.5 Å². The fourth-order valence-electron chi connectivity index (χ4n) is 3.56. The summed E-state index contributed by atoms with van der Waals surface area (Å²) >= 11 is 0. The summed E-state index contributed by atoms with van der Waals surface area (Å²) in [6.07, 6.45) is 5.18. The molecule has 0 saturated carbocycles. The lowest BCUT2D eigenvalue weighted by Crippen LogP contribution is -2.41. The second kappa shape index (κ2) is 14.8. The highest BCUT2D eigenvalue weighted by atomic mass is 127. The smallest absolute Gasteiger partial charge is 0.191 e. The van der Waals surface area contributed by atoms with Crippen LogP contribution in [0, 0.1) is 6.92 Å². The van der Waals surface area contributed by atoms with Crippen molar-refractivity contribution in [3.8, 4) is 5.75 Å². The molecule has 1 aliphatic heterocycles. The number of piperidine rings is 1. The Morgan fingerprint density at radius 1 is 1.24 bits per heavy atom. The normalized spacial score (nSPS) is 17.5. The summed E-state index contributed by atoms with van der Waals surface area (Å²) < 4.78 is 11.0. The number of ether oxygens (including phenoxy) is 2. The average molecular weight is 518 g/mol. The van der Waals surface area contributed by atoms with Crippen molar-refractivity contribution in [2.75, 3.05) is 47.0 Å². The van der Waals surface area contributed by atoms with Crippen LogP contribution in [-0.4, -0.2) is 63.9 Å². The van der Waals surface area contributed by atoms with Crippen LogP contribution in [0.15, 0.2) is 23.2 Å². The first-order valence-corrected chi connectivity index (χ1v) is 10.5. The summed E-state index contributed by atoms with van der Waals surface area (Å²) in [5.74, 6) is 1.73. The van der Waals surface area contributed by atoms with E-state index in [4.69, 9.17) is 9.47 Å². The number of hydrogen-bond donors (Lipinski definition) is 2. The van der Waals surface area contributed by atoms with Gasteiger partial charge in [0.25, 0.3) is 0 Å². The number of methoxy groups -OCH3 is 1. The number of nitrogens with one attached hydrogen (secondary N) is 2. The van der Waals surface area contributed by atoms with E-state index < -0.39 is 0 Å². The number of halogens is 1. The Morgan fingerprint density at radius 3 is 2.79 bits per heavy atom. The molecule has 1 unspecified atom stereocenters. The van der Waals surface area contributed by atoms with Gasteiger partial charge in [-0.3, -0.25) is 4.99 Å². The van der Waals surface area contributed by atoms with E-state index in [0.29, 0.717) is 19.8 Å². The molecule has 1 aliphatic rings. The summed E-state index contributed by atoms with van der Waals surface area (Å²) in [6.45, 7) is 9.55. The van der Waals surface area contributed by atoms with Gasteiger partial charge in [-0.2, -0.15) is 0 Å². The van der Waals surface area contributed by atoms with E-state index in [-0.39, 0.29) is 24.0 Å². The number of benzene rings is 1. The average Bonchev–Trinajstić information content (AvgIpc) is 2.70. The molecule has 1 heterocycles. The second-order valence-electron chi connectivity index (χ2n) is 7.54. The molecule has 1 aromatic rings. The summed E-state index contributed by atoms with van der Waals surface area (Å²) in [5.41, 5.74) is 2.30. The summed E-state index contributed by atoms with van der Waals surface area (Å²) in [5, 5.41) is 6.83. The lowest BCUT2D eigenvalue weighted by Gasteiger charge is -2.33. The van der Waals surface area contributed by atoms with Gasteiger partial charge >= 0.3 is 0 Å². The van der Waals surface area contributed by atoms with Gasteiger partial charge in [-0.15, -0.1) is 24.0 Å². The van der Waals surface area contributed by atoms with Crippen LogP contribution in [0.5, 0.6) is 5.75 Å². The van der Waals surface area contributed by atoms with Crippen LogP contribution in [0.25, 0.3) is 0 Å². The fraction of sp³-hybridized carbons (Fsp3) is 0.682. The van der Waals surface area contributed by atoms with Crippen molar-refractivity contribution >= 4 is 29.9 Å². The molecule has 0 bridgehead atoms. The predicted octanol–water partition coefficient (Wildman–Crippen LogP) is 3.57. The number of hydrogen-bond acceptors (Lipinski definition) is 4. The lowest BCUT2D eigenvalue weighted by atomic mass is 10.0. The number of rotatable bonds is 10. The maximum Gasteiger partial charge on any atom is 0.191 e. The van der Waals surface area contributed by atoms with E-state index >= 15 is 0 Å². The van der Waals surface area contributed by atoms with E-state index in [2.05, 4.69) is 52.6 Å². The fourth-order valence-corrected chi connectivity index (χ4v) is 3.56. The van der Waals surface area contributed by atoms with Gasteiger partial charge in [0.1, 0.15) is 12.4 Å². The van der Waals surface area contributed by atoms with Gasteiger partial charge in [-0.1, -0.05) is 18.6 Å².